The molecule has 0 radical (unpaired) electrons. The van der Waals surface area contributed by atoms with Gasteiger partial charge in [-0.2, -0.15) is 5.10 Å². The van der Waals surface area contributed by atoms with Crippen LogP contribution in [0.4, 0.5) is 0 Å². The number of nitrogens with zero attached hydrogens (tertiary/aromatic N) is 3. The molecule has 2 fully saturated rings. The Morgan fingerprint density at radius 1 is 1.27 bits per heavy atom. The van der Waals surface area contributed by atoms with E-state index in [-0.39, 0.29) is 17.1 Å². The largest absolute Gasteiger partial charge is 0.391 e. The van der Waals surface area contributed by atoms with E-state index < -0.39 is 0 Å². The Hall–Kier alpha value is -1.20. The molecule has 2 heterocycles. The van der Waals surface area contributed by atoms with Crippen LogP contribution in [0.15, 0.2) is 16.9 Å². The second kappa shape index (κ2) is 5.78. The molecule has 5 nitrogen and oxygen atoms in total. The van der Waals surface area contributed by atoms with Crippen LogP contribution in [-0.2, 0) is 12.0 Å². The van der Waals surface area contributed by atoms with Crippen molar-refractivity contribution in [2.45, 2.75) is 64.1 Å². The highest BCUT2D eigenvalue weighted by molar-refractivity contribution is 5.10. The van der Waals surface area contributed by atoms with E-state index in [1.807, 2.05) is 6.07 Å². The van der Waals surface area contributed by atoms with Gasteiger partial charge in [0, 0.05) is 36.5 Å². The average Bonchev–Trinajstić information content (AvgIpc) is 2.80. The van der Waals surface area contributed by atoms with Crippen LogP contribution < -0.4 is 5.56 Å². The summed E-state index contributed by atoms with van der Waals surface area (Å²) in [6, 6.07) is 3.80. The summed E-state index contributed by atoms with van der Waals surface area (Å²) in [5.41, 5.74) is 0.886. The fraction of sp³-hybridized carbons (Fsp3) is 0.765. The number of hydrogen-bond acceptors (Lipinski definition) is 4. The quantitative estimate of drug-likeness (QED) is 0.917. The lowest BCUT2D eigenvalue weighted by Gasteiger charge is -2.44. The first-order valence-corrected chi connectivity index (χ1v) is 8.35. The first-order valence-electron chi connectivity index (χ1n) is 8.35. The van der Waals surface area contributed by atoms with Crippen molar-refractivity contribution in [3.63, 3.8) is 0 Å². The zero-order valence-electron chi connectivity index (χ0n) is 13.8. The van der Waals surface area contributed by atoms with Gasteiger partial charge < -0.3 is 5.11 Å². The molecule has 122 valence electrons. The van der Waals surface area contributed by atoms with Crippen LogP contribution >= 0.6 is 0 Å². The molecule has 5 heteroatoms. The van der Waals surface area contributed by atoms with E-state index in [0.29, 0.717) is 18.5 Å². The molecule has 1 aromatic heterocycles. The summed E-state index contributed by atoms with van der Waals surface area (Å²) in [5, 5.41) is 14.5. The van der Waals surface area contributed by atoms with Gasteiger partial charge in [0.15, 0.2) is 0 Å². The van der Waals surface area contributed by atoms with E-state index in [1.165, 1.54) is 0 Å². The van der Waals surface area contributed by atoms with Gasteiger partial charge in [0.25, 0.3) is 5.56 Å². The molecule has 1 aliphatic heterocycles. The Morgan fingerprint density at radius 3 is 2.59 bits per heavy atom. The molecule has 1 N–H and O–H groups in total. The lowest BCUT2D eigenvalue weighted by atomic mass is 9.92. The molecule has 0 aromatic carbocycles. The van der Waals surface area contributed by atoms with Crippen molar-refractivity contribution in [2.75, 3.05) is 13.1 Å². The maximum Gasteiger partial charge on any atom is 0.266 e. The maximum atomic E-state index is 12.0. The molecule has 1 saturated heterocycles. The monoisotopic (exact) mass is 305 g/mol. The molecule has 1 saturated carbocycles. The Labute approximate surface area is 131 Å². The van der Waals surface area contributed by atoms with Gasteiger partial charge in [-0.15, -0.1) is 0 Å². The minimum absolute atomic E-state index is 0.0210. The minimum atomic E-state index is -0.161. The summed E-state index contributed by atoms with van der Waals surface area (Å²) < 4.78 is 1.62. The summed E-state index contributed by atoms with van der Waals surface area (Å²) in [4.78, 5) is 14.4. The summed E-state index contributed by atoms with van der Waals surface area (Å²) >= 11 is 0. The molecular weight excluding hydrogens is 278 g/mol. The normalized spacial score (nSPS) is 27.1. The van der Waals surface area contributed by atoms with E-state index >= 15 is 0 Å². The Bertz CT molecular complexity index is 584. The minimum Gasteiger partial charge on any atom is -0.391 e. The van der Waals surface area contributed by atoms with Crippen LogP contribution in [0, 0.1) is 5.92 Å². The molecule has 0 amide bonds. The van der Waals surface area contributed by atoms with E-state index in [4.69, 9.17) is 0 Å². The van der Waals surface area contributed by atoms with Crippen molar-refractivity contribution >= 4 is 0 Å². The van der Waals surface area contributed by atoms with Crippen molar-refractivity contribution in [3.05, 3.63) is 28.2 Å². The van der Waals surface area contributed by atoms with Gasteiger partial charge in [-0.25, -0.2) is 4.68 Å². The molecule has 0 bridgehead atoms. The topological polar surface area (TPSA) is 58.4 Å². The highest BCUT2D eigenvalue weighted by Crippen LogP contribution is 2.30. The lowest BCUT2D eigenvalue weighted by Crippen LogP contribution is -2.56. The van der Waals surface area contributed by atoms with Gasteiger partial charge >= 0.3 is 0 Å². The third-order valence-electron chi connectivity index (χ3n) is 4.96. The van der Waals surface area contributed by atoms with Gasteiger partial charge in [0.2, 0.25) is 0 Å². The van der Waals surface area contributed by atoms with Crippen LogP contribution in [0.5, 0.6) is 0 Å². The third kappa shape index (κ3) is 3.10. The van der Waals surface area contributed by atoms with Gasteiger partial charge in [0.1, 0.15) is 0 Å². The zero-order valence-corrected chi connectivity index (χ0v) is 13.8. The molecular formula is C17H27N3O2. The van der Waals surface area contributed by atoms with Crippen molar-refractivity contribution in [1.29, 1.82) is 0 Å². The fourth-order valence-electron chi connectivity index (χ4n) is 3.57. The van der Waals surface area contributed by atoms with Crippen LogP contribution in [0.1, 0.15) is 45.7 Å². The van der Waals surface area contributed by atoms with Gasteiger partial charge in [-0.1, -0.05) is 20.8 Å². The number of hydrogen-bond donors (Lipinski definition) is 1. The number of rotatable bonds is 3. The highest BCUT2D eigenvalue weighted by Gasteiger charge is 2.38. The SMILES string of the molecule is CC(C)(C)c1ccc(=O)n(CC2CN(C3CCCC3O)C2)n1. The van der Waals surface area contributed by atoms with Gasteiger partial charge in [0.05, 0.1) is 18.3 Å². The van der Waals surface area contributed by atoms with E-state index in [2.05, 4.69) is 30.8 Å². The van der Waals surface area contributed by atoms with Crippen LogP contribution in [-0.4, -0.2) is 45.0 Å². The van der Waals surface area contributed by atoms with Gasteiger partial charge in [-0.3, -0.25) is 9.69 Å². The van der Waals surface area contributed by atoms with Crippen LogP contribution in [0.2, 0.25) is 0 Å². The molecule has 0 spiro atoms. The summed E-state index contributed by atoms with van der Waals surface area (Å²) in [5.74, 6) is 0.466. The molecule has 2 unspecified atom stereocenters. The zero-order chi connectivity index (χ0) is 15.9. The summed E-state index contributed by atoms with van der Waals surface area (Å²) in [6.45, 7) is 8.94. The van der Waals surface area contributed by atoms with Crippen LogP contribution in [0.3, 0.4) is 0 Å². The first-order chi connectivity index (χ1) is 10.3. The molecule has 1 aromatic rings. The Morgan fingerprint density at radius 2 is 2.00 bits per heavy atom. The molecule has 1 aliphatic carbocycles. The molecule has 2 atom stereocenters. The number of likely N-dealkylation sites (tertiary alicyclic amines) is 1. The first kappa shape index (κ1) is 15.7. The average molecular weight is 305 g/mol. The Kier molecular flexibility index (Phi) is 4.12. The fourth-order valence-corrected chi connectivity index (χ4v) is 3.57. The number of aromatic nitrogens is 2. The second-order valence-electron chi connectivity index (χ2n) is 7.87. The van der Waals surface area contributed by atoms with E-state index in [1.54, 1.807) is 10.7 Å². The second-order valence-corrected chi connectivity index (χ2v) is 7.87. The van der Waals surface area contributed by atoms with Crippen molar-refractivity contribution in [1.82, 2.24) is 14.7 Å². The number of aliphatic hydroxyl groups excluding tert-OH is 1. The predicted octanol–water partition coefficient (Wildman–Crippen LogP) is 1.39. The van der Waals surface area contributed by atoms with Crippen molar-refractivity contribution in [3.8, 4) is 0 Å². The Balaban J connectivity index is 1.62. The van der Waals surface area contributed by atoms with E-state index in [0.717, 1.165) is 38.0 Å². The number of aliphatic hydroxyl groups is 1. The van der Waals surface area contributed by atoms with Crippen molar-refractivity contribution < 1.29 is 5.11 Å². The van der Waals surface area contributed by atoms with Crippen LogP contribution in [0.25, 0.3) is 0 Å². The predicted molar refractivity (Wildman–Crippen MR) is 85.9 cm³/mol. The summed E-state index contributed by atoms with van der Waals surface area (Å²) in [6.07, 6.45) is 3.00. The van der Waals surface area contributed by atoms with Crippen molar-refractivity contribution in [2.24, 2.45) is 5.92 Å². The summed E-state index contributed by atoms with van der Waals surface area (Å²) in [7, 11) is 0. The highest BCUT2D eigenvalue weighted by atomic mass is 16.3. The standard InChI is InChI=1S/C17H27N3O2/c1-17(2,3)15-7-8-16(22)20(18-15)11-12-9-19(10-12)13-5-4-6-14(13)21/h7-8,12-14,21H,4-6,9-11H2,1-3H3. The molecule has 2 aliphatic rings. The molecule has 3 rings (SSSR count). The maximum absolute atomic E-state index is 12.0. The molecule has 22 heavy (non-hydrogen) atoms. The lowest BCUT2D eigenvalue weighted by molar-refractivity contribution is -0.00803. The third-order valence-corrected chi connectivity index (χ3v) is 4.96. The van der Waals surface area contributed by atoms with E-state index in [9.17, 15) is 9.90 Å². The smallest absolute Gasteiger partial charge is 0.266 e. The van der Waals surface area contributed by atoms with Gasteiger partial charge in [-0.05, 0) is 25.3 Å².